The van der Waals surface area contributed by atoms with Gasteiger partial charge in [-0.2, -0.15) is 0 Å². The smallest absolute Gasteiger partial charge is 0.0559 e. The van der Waals surface area contributed by atoms with Gasteiger partial charge in [0.25, 0.3) is 0 Å². The lowest BCUT2D eigenvalue weighted by Crippen LogP contribution is -2.15. The van der Waals surface area contributed by atoms with E-state index in [2.05, 4.69) is 63.2 Å². The molecule has 0 heterocycles. The van der Waals surface area contributed by atoms with Crippen LogP contribution in [0.2, 0.25) is 0 Å². The van der Waals surface area contributed by atoms with Crippen molar-refractivity contribution >= 4 is 0 Å². The molecule has 0 spiro atoms. The standard InChI is InChI=1S/C16H19N/c1-11-7-4-5-10-14(11)16(17)15-12(2)8-6-9-13(15)3/h4-10,16H,17H2,1-3H3. The van der Waals surface area contributed by atoms with Gasteiger partial charge in [0.15, 0.2) is 0 Å². The van der Waals surface area contributed by atoms with Crippen molar-refractivity contribution in [2.45, 2.75) is 26.8 Å². The molecule has 0 saturated carbocycles. The topological polar surface area (TPSA) is 26.0 Å². The van der Waals surface area contributed by atoms with Crippen molar-refractivity contribution in [3.8, 4) is 0 Å². The fourth-order valence-electron chi connectivity index (χ4n) is 2.41. The van der Waals surface area contributed by atoms with Crippen LogP contribution in [-0.2, 0) is 0 Å². The first-order valence-electron chi connectivity index (χ1n) is 5.98. The first-order chi connectivity index (χ1) is 8.11. The van der Waals surface area contributed by atoms with E-state index in [-0.39, 0.29) is 6.04 Å². The minimum atomic E-state index is -0.0302. The van der Waals surface area contributed by atoms with E-state index >= 15 is 0 Å². The van der Waals surface area contributed by atoms with Crippen LogP contribution in [0.3, 0.4) is 0 Å². The Labute approximate surface area is 103 Å². The second-order valence-corrected chi connectivity index (χ2v) is 4.64. The van der Waals surface area contributed by atoms with Crippen molar-refractivity contribution in [2.24, 2.45) is 5.73 Å². The normalized spacial score (nSPS) is 12.5. The fraction of sp³-hybridized carbons (Fsp3) is 0.250. The van der Waals surface area contributed by atoms with Gasteiger partial charge in [0, 0.05) is 0 Å². The highest BCUT2D eigenvalue weighted by atomic mass is 14.6. The SMILES string of the molecule is Cc1ccccc1C(N)c1c(C)cccc1C. The predicted molar refractivity (Wildman–Crippen MR) is 73.1 cm³/mol. The van der Waals surface area contributed by atoms with E-state index in [1.165, 1.54) is 27.8 Å². The Kier molecular flexibility index (Phi) is 3.30. The van der Waals surface area contributed by atoms with Crippen molar-refractivity contribution < 1.29 is 0 Å². The van der Waals surface area contributed by atoms with Crippen molar-refractivity contribution in [1.29, 1.82) is 0 Å². The van der Waals surface area contributed by atoms with Gasteiger partial charge < -0.3 is 5.73 Å². The molecule has 88 valence electrons. The van der Waals surface area contributed by atoms with E-state index in [9.17, 15) is 0 Å². The Bertz CT molecular complexity index is 509. The van der Waals surface area contributed by atoms with Gasteiger partial charge in [0.1, 0.15) is 0 Å². The second kappa shape index (κ2) is 4.72. The zero-order valence-electron chi connectivity index (χ0n) is 10.7. The molecule has 2 rings (SSSR count). The molecule has 1 unspecified atom stereocenters. The van der Waals surface area contributed by atoms with Crippen LogP contribution >= 0.6 is 0 Å². The van der Waals surface area contributed by atoms with Gasteiger partial charge in [-0.05, 0) is 48.6 Å². The molecule has 0 bridgehead atoms. The highest BCUT2D eigenvalue weighted by molar-refractivity contribution is 5.43. The van der Waals surface area contributed by atoms with Gasteiger partial charge in [0.2, 0.25) is 0 Å². The number of hydrogen-bond donors (Lipinski definition) is 1. The van der Waals surface area contributed by atoms with E-state index in [4.69, 9.17) is 5.73 Å². The summed E-state index contributed by atoms with van der Waals surface area (Å²) < 4.78 is 0. The van der Waals surface area contributed by atoms with Gasteiger partial charge in [-0.1, -0.05) is 42.5 Å². The number of rotatable bonds is 2. The van der Waals surface area contributed by atoms with Crippen molar-refractivity contribution in [1.82, 2.24) is 0 Å². The van der Waals surface area contributed by atoms with Crippen LogP contribution in [0.25, 0.3) is 0 Å². The number of benzene rings is 2. The molecule has 0 aromatic heterocycles. The van der Waals surface area contributed by atoms with Crippen molar-refractivity contribution in [2.75, 3.05) is 0 Å². The molecule has 1 nitrogen and oxygen atoms in total. The summed E-state index contributed by atoms with van der Waals surface area (Å²) in [5.41, 5.74) is 12.7. The van der Waals surface area contributed by atoms with E-state index < -0.39 is 0 Å². The lowest BCUT2D eigenvalue weighted by molar-refractivity contribution is 0.843. The maximum absolute atomic E-state index is 6.42. The fourth-order valence-corrected chi connectivity index (χ4v) is 2.41. The van der Waals surface area contributed by atoms with Crippen LogP contribution in [0.15, 0.2) is 42.5 Å². The van der Waals surface area contributed by atoms with E-state index in [1.54, 1.807) is 0 Å². The average molecular weight is 225 g/mol. The molecule has 0 aliphatic carbocycles. The summed E-state index contributed by atoms with van der Waals surface area (Å²) in [5, 5.41) is 0. The van der Waals surface area contributed by atoms with Gasteiger partial charge in [0.05, 0.1) is 6.04 Å². The Morgan fingerprint density at radius 3 is 1.88 bits per heavy atom. The lowest BCUT2D eigenvalue weighted by atomic mass is 9.90. The molecule has 0 aliphatic rings. The van der Waals surface area contributed by atoms with E-state index in [0.717, 1.165) is 0 Å². The van der Waals surface area contributed by atoms with Gasteiger partial charge >= 0.3 is 0 Å². The number of nitrogens with two attached hydrogens (primary N) is 1. The third-order valence-electron chi connectivity index (χ3n) is 3.38. The Morgan fingerprint density at radius 2 is 1.29 bits per heavy atom. The molecule has 2 N–H and O–H groups in total. The molecule has 0 radical (unpaired) electrons. The molecule has 1 heteroatoms. The van der Waals surface area contributed by atoms with Crippen LogP contribution in [0.1, 0.15) is 33.9 Å². The maximum Gasteiger partial charge on any atom is 0.0559 e. The minimum absolute atomic E-state index is 0.0302. The van der Waals surface area contributed by atoms with Crippen LogP contribution in [0.4, 0.5) is 0 Å². The molecule has 1 atom stereocenters. The number of hydrogen-bond acceptors (Lipinski definition) is 1. The van der Waals surface area contributed by atoms with Crippen LogP contribution in [0.5, 0.6) is 0 Å². The molecule has 17 heavy (non-hydrogen) atoms. The molecular weight excluding hydrogens is 206 g/mol. The highest BCUT2D eigenvalue weighted by Gasteiger charge is 2.14. The predicted octanol–water partition coefficient (Wildman–Crippen LogP) is 3.66. The summed E-state index contributed by atoms with van der Waals surface area (Å²) in [5.74, 6) is 0. The Hall–Kier alpha value is -1.60. The summed E-state index contributed by atoms with van der Waals surface area (Å²) in [6.45, 7) is 6.36. The van der Waals surface area contributed by atoms with Gasteiger partial charge in [-0.25, -0.2) is 0 Å². The second-order valence-electron chi connectivity index (χ2n) is 4.64. The first kappa shape index (κ1) is 11.9. The number of aryl methyl sites for hydroxylation is 3. The molecular formula is C16H19N. The summed E-state index contributed by atoms with van der Waals surface area (Å²) >= 11 is 0. The van der Waals surface area contributed by atoms with Crippen molar-refractivity contribution in [3.63, 3.8) is 0 Å². The summed E-state index contributed by atoms with van der Waals surface area (Å²) in [4.78, 5) is 0. The van der Waals surface area contributed by atoms with E-state index in [0.29, 0.717) is 0 Å². The third kappa shape index (κ3) is 2.25. The summed E-state index contributed by atoms with van der Waals surface area (Å²) in [7, 11) is 0. The monoisotopic (exact) mass is 225 g/mol. The van der Waals surface area contributed by atoms with E-state index in [1.807, 2.05) is 0 Å². The van der Waals surface area contributed by atoms with Gasteiger partial charge in [-0.3, -0.25) is 0 Å². The highest BCUT2D eigenvalue weighted by Crippen LogP contribution is 2.27. The van der Waals surface area contributed by atoms with Crippen LogP contribution in [0, 0.1) is 20.8 Å². The Morgan fingerprint density at radius 1 is 0.765 bits per heavy atom. The average Bonchev–Trinajstić information content (AvgIpc) is 2.29. The zero-order valence-corrected chi connectivity index (χ0v) is 10.7. The largest absolute Gasteiger partial charge is 0.320 e. The van der Waals surface area contributed by atoms with Gasteiger partial charge in [-0.15, -0.1) is 0 Å². The molecule has 2 aromatic rings. The summed E-state index contributed by atoms with van der Waals surface area (Å²) in [6, 6.07) is 14.6. The maximum atomic E-state index is 6.42. The Balaban J connectivity index is 2.51. The molecule has 2 aromatic carbocycles. The van der Waals surface area contributed by atoms with Crippen LogP contribution < -0.4 is 5.73 Å². The lowest BCUT2D eigenvalue weighted by Gasteiger charge is -2.19. The third-order valence-corrected chi connectivity index (χ3v) is 3.38. The molecule has 0 fully saturated rings. The zero-order chi connectivity index (χ0) is 12.4. The first-order valence-corrected chi connectivity index (χ1v) is 5.98. The summed E-state index contributed by atoms with van der Waals surface area (Å²) in [6.07, 6.45) is 0. The minimum Gasteiger partial charge on any atom is -0.320 e. The molecule has 0 aliphatic heterocycles. The molecule has 0 saturated heterocycles. The van der Waals surface area contributed by atoms with Crippen molar-refractivity contribution in [3.05, 3.63) is 70.3 Å². The molecule has 0 amide bonds. The quantitative estimate of drug-likeness (QED) is 0.829. The van der Waals surface area contributed by atoms with Crippen LogP contribution in [-0.4, -0.2) is 0 Å².